The molecule has 3 nitrogen and oxygen atoms in total. The van der Waals surface area contributed by atoms with Crippen LogP contribution in [0.25, 0.3) is 0 Å². The highest BCUT2D eigenvalue weighted by Crippen LogP contribution is 2.32. The van der Waals surface area contributed by atoms with Crippen LogP contribution in [-0.2, 0) is 0 Å². The van der Waals surface area contributed by atoms with E-state index in [1.165, 1.54) is 25.7 Å². The molecule has 0 amide bonds. The molecule has 0 bridgehead atoms. The van der Waals surface area contributed by atoms with Crippen molar-refractivity contribution in [3.63, 3.8) is 0 Å². The normalized spacial score (nSPS) is 20.4. The van der Waals surface area contributed by atoms with Crippen molar-refractivity contribution in [1.82, 2.24) is 9.97 Å². The maximum atomic E-state index is 6.08. The first-order chi connectivity index (χ1) is 6.38. The smallest absolute Gasteiger partial charge is 0.145 e. The van der Waals surface area contributed by atoms with Crippen molar-refractivity contribution in [2.24, 2.45) is 11.7 Å². The van der Waals surface area contributed by atoms with E-state index in [0.29, 0.717) is 5.92 Å². The van der Waals surface area contributed by atoms with Crippen LogP contribution in [0.15, 0.2) is 18.5 Å². The Bertz CT molecular complexity index is 254. The third kappa shape index (κ3) is 1.86. The molecule has 70 valence electrons. The van der Waals surface area contributed by atoms with Crippen LogP contribution in [-0.4, -0.2) is 9.97 Å². The summed E-state index contributed by atoms with van der Waals surface area (Å²) < 4.78 is 0. The lowest BCUT2D eigenvalue weighted by Crippen LogP contribution is -2.21. The molecule has 0 aliphatic heterocycles. The highest BCUT2D eigenvalue weighted by Gasteiger charge is 2.24. The fourth-order valence-corrected chi connectivity index (χ4v) is 2.01. The zero-order valence-corrected chi connectivity index (χ0v) is 7.69. The Kier molecular flexibility index (Phi) is 2.54. The Morgan fingerprint density at radius 2 is 1.85 bits per heavy atom. The third-order valence-electron chi connectivity index (χ3n) is 2.79. The second-order valence-electron chi connectivity index (χ2n) is 3.68. The predicted octanol–water partition coefficient (Wildman–Crippen LogP) is 1.67. The van der Waals surface area contributed by atoms with Gasteiger partial charge in [-0.2, -0.15) is 0 Å². The van der Waals surface area contributed by atoms with Gasteiger partial charge in [-0.15, -0.1) is 0 Å². The monoisotopic (exact) mass is 177 g/mol. The van der Waals surface area contributed by atoms with Crippen LogP contribution in [0, 0.1) is 5.92 Å². The number of nitrogens with two attached hydrogens (primary N) is 1. The van der Waals surface area contributed by atoms with Gasteiger partial charge in [-0.05, 0) is 24.8 Å². The molecule has 2 N–H and O–H groups in total. The number of rotatable bonds is 2. The molecule has 1 aromatic heterocycles. The Morgan fingerprint density at radius 1 is 1.23 bits per heavy atom. The van der Waals surface area contributed by atoms with Crippen molar-refractivity contribution in [2.45, 2.75) is 31.7 Å². The van der Waals surface area contributed by atoms with Crippen LogP contribution in [0.1, 0.15) is 37.5 Å². The van der Waals surface area contributed by atoms with Crippen molar-refractivity contribution in [3.8, 4) is 0 Å². The van der Waals surface area contributed by atoms with Gasteiger partial charge in [0.15, 0.2) is 0 Å². The number of hydrogen-bond donors (Lipinski definition) is 1. The summed E-state index contributed by atoms with van der Waals surface area (Å²) in [7, 11) is 0. The summed E-state index contributed by atoms with van der Waals surface area (Å²) in [5.41, 5.74) is 6.08. The van der Waals surface area contributed by atoms with E-state index in [-0.39, 0.29) is 6.04 Å². The van der Waals surface area contributed by atoms with E-state index in [1.807, 2.05) is 6.07 Å². The maximum Gasteiger partial charge on any atom is 0.145 e. The van der Waals surface area contributed by atoms with E-state index < -0.39 is 0 Å². The van der Waals surface area contributed by atoms with Crippen molar-refractivity contribution in [2.75, 3.05) is 0 Å². The maximum absolute atomic E-state index is 6.08. The lowest BCUT2D eigenvalue weighted by atomic mass is 9.98. The molecule has 1 heterocycles. The molecular formula is C10H15N3. The van der Waals surface area contributed by atoms with Crippen molar-refractivity contribution >= 4 is 0 Å². The van der Waals surface area contributed by atoms with Crippen molar-refractivity contribution < 1.29 is 0 Å². The minimum absolute atomic E-state index is 0.0451. The molecule has 1 aliphatic carbocycles. The van der Waals surface area contributed by atoms with Crippen LogP contribution >= 0.6 is 0 Å². The molecule has 1 aromatic rings. The summed E-state index contributed by atoms with van der Waals surface area (Å²) in [5, 5.41) is 0. The first-order valence-corrected chi connectivity index (χ1v) is 4.90. The topological polar surface area (TPSA) is 51.8 Å². The molecule has 1 unspecified atom stereocenters. The van der Waals surface area contributed by atoms with Gasteiger partial charge < -0.3 is 5.73 Å². The molecule has 1 fully saturated rings. The second-order valence-corrected chi connectivity index (χ2v) is 3.68. The zero-order valence-electron chi connectivity index (χ0n) is 7.69. The van der Waals surface area contributed by atoms with Gasteiger partial charge in [-0.3, -0.25) is 0 Å². The van der Waals surface area contributed by atoms with Gasteiger partial charge in [-0.25, -0.2) is 9.97 Å². The van der Waals surface area contributed by atoms with Gasteiger partial charge in [0, 0.05) is 12.4 Å². The van der Waals surface area contributed by atoms with Gasteiger partial charge in [0.2, 0.25) is 0 Å². The van der Waals surface area contributed by atoms with Gasteiger partial charge in [0.1, 0.15) is 5.82 Å². The predicted molar refractivity (Wildman–Crippen MR) is 50.9 cm³/mol. The van der Waals surface area contributed by atoms with Crippen LogP contribution < -0.4 is 5.73 Å². The van der Waals surface area contributed by atoms with E-state index in [0.717, 1.165) is 5.82 Å². The average molecular weight is 177 g/mol. The van der Waals surface area contributed by atoms with E-state index in [1.54, 1.807) is 12.4 Å². The summed E-state index contributed by atoms with van der Waals surface area (Å²) in [6, 6.07) is 1.87. The summed E-state index contributed by atoms with van der Waals surface area (Å²) in [4.78, 5) is 8.37. The van der Waals surface area contributed by atoms with Gasteiger partial charge in [0.05, 0.1) is 6.04 Å². The number of nitrogens with zero attached hydrogens (tertiary/aromatic N) is 2. The molecule has 1 aliphatic rings. The fourth-order valence-electron chi connectivity index (χ4n) is 2.01. The van der Waals surface area contributed by atoms with E-state index in [9.17, 15) is 0 Å². The molecule has 1 saturated carbocycles. The lowest BCUT2D eigenvalue weighted by Gasteiger charge is -2.16. The van der Waals surface area contributed by atoms with Crippen molar-refractivity contribution in [1.29, 1.82) is 0 Å². The van der Waals surface area contributed by atoms with Crippen LogP contribution in [0.4, 0.5) is 0 Å². The molecule has 0 radical (unpaired) electrons. The number of aromatic nitrogens is 2. The summed E-state index contributed by atoms with van der Waals surface area (Å²) in [6.07, 6.45) is 8.61. The minimum atomic E-state index is 0.0451. The average Bonchev–Trinajstić information content (AvgIpc) is 2.71. The first-order valence-electron chi connectivity index (χ1n) is 4.90. The highest BCUT2D eigenvalue weighted by atomic mass is 14.9. The summed E-state index contributed by atoms with van der Waals surface area (Å²) in [6.45, 7) is 0. The van der Waals surface area contributed by atoms with Gasteiger partial charge in [0.25, 0.3) is 0 Å². The standard InChI is InChI=1S/C10H15N3/c11-9(8-4-1-2-5-8)10-12-6-3-7-13-10/h3,6-9H,1-2,4-5,11H2. The highest BCUT2D eigenvalue weighted by molar-refractivity contribution is 4.97. The fraction of sp³-hybridized carbons (Fsp3) is 0.600. The van der Waals surface area contributed by atoms with E-state index >= 15 is 0 Å². The minimum Gasteiger partial charge on any atom is -0.321 e. The van der Waals surface area contributed by atoms with E-state index in [4.69, 9.17) is 5.73 Å². The van der Waals surface area contributed by atoms with Crippen molar-refractivity contribution in [3.05, 3.63) is 24.3 Å². The molecule has 0 spiro atoms. The molecule has 3 heteroatoms. The largest absolute Gasteiger partial charge is 0.321 e. The molecule has 0 aromatic carbocycles. The third-order valence-corrected chi connectivity index (χ3v) is 2.79. The zero-order chi connectivity index (χ0) is 9.10. The Labute approximate surface area is 78.4 Å². The van der Waals surface area contributed by atoms with Crippen LogP contribution in [0.5, 0.6) is 0 Å². The molecule has 13 heavy (non-hydrogen) atoms. The molecule has 0 saturated heterocycles. The van der Waals surface area contributed by atoms with Gasteiger partial charge >= 0.3 is 0 Å². The number of hydrogen-bond acceptors (Lipinski definition) is 3. The first kappa shape index (κ1) is 8.63. The quantitative estimate of drug-likeness (QED) is 0.747. The molecule has 1 atom stereocenters. The van der Waals surface area contributed by atoms with Crippen LogP contribution in [0.2, 0.25) is 0 Å². The Morgan fingerprint density at radius 3 is 2.46 bits per heavy atom. The Hall–Kier alpha value is -0.960. The Balaban J connectivity index is 2.08. The second kappa shape index (κ2) is 3.83. The van der Waals surface area contributed by atoms with E-state index in [2.05, 4.69) is 9.97 Å². The summed E-state index contributed by atoms with van der Waals surface area (Å²) >= 11 is 0. The van der Waals surface area contributed by atoms with Gasteiger partial charge in [-0.1, -0.05) is 12.8 Å². The molecule has 2 rings (SSSR count). The van der Waals surface area contributed by atoms with Crippen LogP contribution in [0.3, 0.4) is 0 Å². The SMILES string of the molecule is NC(c1ncccn1)C1CCCC1. The lowest BCUT2D eigenvalue weighted by molar-refractivity contribution is 0.427. The summed E-state index contributed by atoms with van der Waals surface area (Å²) in [5.74, 6) is 1.40. The molecular weight excluding hydrogens is 162 g/mol.